The SMILES string of the molecule is CC(=O)N(C[C@@H]1OC(c2ccc([N+](=O)[O-])cc2)=NN1C(C)=O)c1ccc(Br)cc1. The maximum atomic E-state index is 12.2. The molecule has 0 radical (unpaired) electrons. The van der Waals surface area contributed by atoms with Crippen LogP contribution < -0.4 is 4.90 Å². The highest BCUT2D eigenvalue weighted by atomic mass is 79.9. The number of nitrogens with zero attached hydrogens (tertiary/aromatic N) is 4. The average molecular weight is 461 g/mol. The van der Waals surface area contributed by atoms with Crippen LogP contribution in [0.15, 0.2) is 58.1 Å². The molecule has 29 heavy (non-hydrogen) atoms. The maximum absolute atomic E-state index is 12.2. The minimum atomic E-state index is -0.828. The maximum Gasteiger partial charge on any atom is 0.269 e. The van der Waals surface area contributed by atoms with E-state index in [1.165, 1.54) is 43.0 Å². The largest absolute Gasteiger partial charge is 0.448 e. The van der Waals surface area contributed by atoms with Gasteiger partial charge in [0.25, 0.3) is 5.69 Å². The normalized spacial score (nSPS) is 15.5. The highest BCUT2D eigenvalue weighted by molar-refractivity contribution is 9.10. The fourth-order valence-corrected chi connectivity index (χ4v) is 3.06. The second kappa shape index (κ2) is 8.39. The Labute approximate surface area is 174 Å². The number of benzene rings is 2. The minimum Gasteiger partial charge on any atom is -0.448 e. The highest BCUT2D eigenvalue weighted by Crippen LogP contribution is 2.24. The first kappa shape index (κ1) is 20.5. The molecule has 0 saturated carbocycles. The number of hydrogen-bond acceptors (Lipinski definition) is 6. The Bertz CT molecular complexity index is 975. The van der Waals surface area contributed by atoms with Crippen molar-refractivity contribution in [1.82, 2.24) is 5.01 Å². The summed E-state index contributed by atoms with van der Waals surface area (Å²) in [7, 11) is 0. The first-order valence-electron chi connectivity index (χ1n) is 8.60. The molecule has 3 rings (SSSR count). The molecule has 0 spiro atoms. The highest BCUT2D eigenvalue weighted by Gasteiger charge is 2.34. The summed E-state index contributed by atoms with van der Waals surface area (Å²) in [4.78, 5) is 36.1. The summed E-state index contributed by atoms with van der Waals surface area (Å²) < 4.78 is 6.70. The number of non-ortho nitro benzene ring substituents is 1. The van der Waals surface area contributed by atoms with Gasteiger partial charge in [0.1, 0.15) is 0 Å². The quantitative estimate of drug-likeness (QED) is 0.502. The third-order valence-corrected chi connectivity index (χ3v) is 4.75. The Hall–Kier alpha value is -3.27. The number of amides is 2. The number of carbonyl (C=O) groups is 2. The van der Waals surface area contributed by atoms with Gasteiger partial charge < -0.3 is 9.64 Å². The number of carbonyl (C=O) groups excluding carboxylic acids is 2. The summed E-state index contributed by atoms with van der Waals surface area (Å²) in [5.74, 6) is -0.422. The second-order valence-electron chi connectivity index (χ2n) is 6.25. The van der Waals surface area contributed by atoms with E-state index in [-0.39, 0.29) is 29.9 Å². The van der Waals surface area contributed by atoms with Crippen LogP contribution in [-0.4, -0.2) is 40.4 Å². The lowest BCUT2D eigenvalue weighted by Gasteiger charge is -2.27. The van der Waals surface area contributed by atoms with E-state index < -0.39 is 11.2 Å². The van der Waals surface area contributed by atoms with Gasteiger partial charge in [0.05, 0.1) is 11.5 Å². The van der Waals surface area contributed by atoms with E-state index in [4.69, 9.17) is 4.74 Å². The van der Waals surface area contributed by atoms with Crippen molar-refractivity contribution in [1.29, 1.82) is 0 Å². The lowest BCUT2D eigenvalue weighted by molar-refractivity contribution is -0.384. The molecule has 150 valence electrons. The van der Waals surface area contributed by atoms with Crippen molar-refractivity contribution < 1.29 is 19.2 Å². The number of nitro benzene ring substituents is 1. The van der Waals surface area contributed by atoms with Crippen molar-refractivity contribution >= 4 is 45.0 Å². The number of anilines is 1. The molecular formula is C19H17BrN4O5. The van der Waals surface area contributed by atoms with Gasteiger partial charge in [-0.3, -0.25) is 19.7 Å². The van der Waals surface area contributed by atoms with E-state index in [1.54, 1.807) is 12.1 Å². The van der Waals surface area contributed by atoms with Crippen LogP contribution in [0, 0.1) is 10.1 Å². The first-order chi connectivity index (χ1) is 13.8. The molecule has 0 bridgehead atoms. The van der Waals surface area contributed by atoms with Crippen LogP contribution in [0.25, 0.3) is 0 Å². The molecule has 1 aliphatic heterocycles. The number of nitro groups is 1. The lowest BCUT2D eigenvalue weighted by Crippen LogP contribution is -2.44. The lowest BCUT2D eigenvalue weighted by atomic mass is 10.2. The third kappa shape index (κ3) is 4.60. The summed E-state index contributed by atoms with van der Waals surface area (Å²) in [5, 5.41) is 16.2. The molecule has 2 amide bonds. The smallest absolute Gasteiger partial charge is 0.269 e. The summed E-state index contributed by atoms with van der Waals surface area (Å²) in [6.07, 6.45) is -0.828. The van der Waals surface area contributed by atoms with E-state index in [1.807, 2.05) is 12.1 Å². The summed E-state index contributed by atoms with van der Waals surface area (Å²) in [6.45, 7) is 2.83. The van der Waals surface area contributed by atoms with Crippen molar-refractivity contribution in [2.45, 2.75) is 20.1 Å². The van der Waals surface area contributed by atoms with Crippen molar-refractivity contribution in [3.8, 4) is 0 Å². The van der Waals surface area contributed by atoms with E-state index in [2.05, 4.69) is 21.0 Å². The summed E-state index contributed by atoms with van der Waals surface area (Å²) in [6, 6.07) is 12.8. The molecule has 2 aromatic carbocycles. The molecule has 10 heteroatoms. The Morgan fingerprint density at radius 2 is 1.79 bits per heavy atom. The van der Waals surface area contributed by atoms with Crippen molar-refractivity contribution in [3.63, 3.8) is 0 Å². The molecule has 2 aromatic rings. The molecular weight excluding hydrogens is 444 g/mol. The van der Waals surface area contributed by atoms with Gasteiger partial charge in [-0.25, -0.2) is 0 Å². The second-order valence-corrected chi connectivity index (χ2v) is 7.17. The molecule has 0 aromatic heterocycles. The number of halogens is 1. The summed E-state index contributed by atoms with van der Waals surface area (Å²) >= 11 is 3.35. The van der Waals surface area contributed by atoms with Crippen molar-refractivity contribution in [2.75, 3.05) is 11.4 Å². The Morgan fingerprint density at radius 3 is 2.31 bits per heavy atom. The zero-order valence-electron chi connectivity index (χ0n) is 15.6. The van der Waals surface area contributed by atoms with Crippen LogP contribution in [-0.2, 0) is 14.3 Å². The molecule has 1 atom stereocenters. The minimum absolute atomic E-state index is 0.0645. The number of rotatable bonds is 5. The molecule has 0 saturated heterocycles. The van der Waals surface area contributed by atoms with Gasteiger partial charge in [0, 0.05) is 41.7 Å². The van der Waals surface area contributed by atoms with Gasteiger partial charge >= 0.3 is 0 Å². The van der Waals surface area contributed by atoms with Crippen LogP contribution in [0.5, 0.6) is 0 Å². The molecule has 0 unspecified atom stereocenters. The third-order valence-electron chi connectivity index (χ3n) is 4.22. The Balaban J connectivity index is 1.83. The monoisotopic (exact) mass is 460 g/mol. The van der Waals surface area contributed by atoms with Crippen molar-refractivity contribution in [2.24, 2.45) is 5.10 Å². The van der Waals surface area contributed by atoms with Crippen LogP contribution in [0.1, 0.15) is 19.4 Å². The van der Waals surface area contributed by atoms with E-state index in [9.17, 15) is 19.7 Å². The molecule has 9 nitrogen and oxygen atoms in total. The Kier molecular flexibility index (Phi) is 5.92. The van der Waals surface area contributed by atoms with Crippen LogP contribution in [0.2, 0.25) is 0 Å². The zero-order valence-corrected chi connectivity index (χ0v) is 17.2. The van der Waals surface area contributed by atoms with E-state index in [0.717, 1.165) is 9.48 Å². The topological polar surface area (TPSA) is 105 Å². The zero-order chi connectivity index (χ0) is 21.1. The Morgan fingerprint density at radius 1 is 1.17 bits per heavy atom. The van der Waals surface area contributed by atoms with Crippen molar-refractivity contribution in [3.05, 3.63) is 68.7 Å². The van der Waals surface area contributed by atoms with Crippen LogP contribution >= 0.6 is 15.9 Å². The molecule has 0 fully saturated rings. The van der Waals surface area contributed by atoms with Gasteiger partial charge in [-0.05, 0) is 36.4 Å². The van der Waals surface area contributed by atoms with Gasteiger partial charge in [0.2, 0.25) is 23.9 Å². The van der Waals surface area contributed by atoms with Gasteiger partial charge in [-0.2, -0.15) is 5.01 Å². The fourth-order valence-electron chi connectivity index (χ4n) is 2.80. The molecule has 1 heterocycles. The van der Waals surface area contributed by atoms with E-state index in [0.29, 0.717) is 11.3 Å². The molecule has 0 aliphatic carbocycles. The van der Waals surface area contributed by atoms with Gasteiger partial charge in [-0.1, -0.05) is 15.9 Å². The predicted octanol–water partition coefficient (Wildman–Crippen LogP) is 3.28. The standard InChI is InChI=1S/C19H17BrN4O5/c1-12(25)22(16-9-5-15(20)6-10-16)11-18-23(13(2)26)21-19(29-18)14-3-7-17(8-4-14)24(27)28/h3-10,18H,11H2,1-2H3/t18-/m0/s1. The van der Waals surface area contributed by atoms with Crippen LogP contribution in [0.3, 0.4) is 0 Å². The van der Waals surface area contributed by atoms with Crippen LogP contribution in [0.4, 0.5) is 11.4 Å². The molecule has 1 aliphatic rings. The number of hydrogen-bond donors (Lipinski definition) is 0. The first-order valence-corrected chi connectivity index (χ1v) is 9.39. The van der Waals surface area contributed by atoms with Gasteiger partial charge in [-0.15, -0.1) is 5.10 Å². The number of hydrazone groups is 1. The molecule has 0 N–H and O–H groups in total. The summed E-state index contributed by atoms with van der Waals surface area (Å²) in [5.41, 5.74) is 1.07. The van der Waals surface area contributed by atoms with E-state index >= 15 is 0 Å². The average Bonchev–Trinajstić information content (AvgIpc) is 3.11. The predicted molar refractivity (Wildman–Crippen MR) is 109 cm³/mol. The fraction of sp³-hybridized carbons (Fsp3) is 0.211. The number of ether oxygens (including phenoxy) is 1. The van der Waals surface area contributed by atoms with Gasteiger partial charge in [0.15, 0.2) is 0 Å².